The van der Waals surface area contributed by atoms with Crippen molar-refractivity contribution in [1.82, 2.24) is 10.2 Å². The van der Waals surface area contributed by atoms with Crippen molar-refractivity contribution >= 4 is 0 Å². The molecule has 25 heavy (non-hydrogen) atoms. The Morgan fingerprint density at radius 2 is 1.84 bits per heavy atom. The third-order valence-electron chi connectivity index (χ3n) is 5.73. The van der Waals surface area contributed by atoms with Crippen LogP contribution in [0.4, 0.5) is 8.78 Å². The highest BCUT2D eigenvalue weighted by atomic mass is 19.1. The van der Waals surface area contributed by atoms with Crippen molar-refractivity contribution in [2.24, 2.45) is 0 Å². The number of benzene rings is 2. The Bertz CT molecular complexity index is 797. The summed E-state index contributed by atoms with van der Waals surface area (Å²) < 4.78 is 29.2. The van der Waals surface area contributed by atoms with Gasteiger partial charge in [0.1, 0.15) is 17.9 Å². The van der Waals surface area contributed by atoms with Crippen molar-refractivity contribution in [2.45, 2.75) is 37.1 Å². The second-order valence-corrected chi connectivity index (χ2v) is 7.18. The molecule has 0 aliphatic carbocycles. The summed E-state index contributed by atoms with van der Waals surface area (Å²) in [5, 5.41) is 13.9. The normalized spacial score (nSPS) is 29.6. The van der Waals surface area contributed by atoms with E-state index in [0.717, 1.165) is 25.8 Å². The minimum absolute atomic E-state index is 0.173. The zero-order chi connectivity index (χ0) is 17.6. The van der Waals surface area contributed by atoms with E-state index in [1.165, 1.54) is 6.07 Å². The first-order valence-corrected chi connectivity index (χ1v) is 8.71. The Morgan fingerprint density at radius 3 is 2.56 bits per heavy atom. The molecule has 3 atom stereocenters. The number of halogens is 2. The maximum absolute atomic E-state index is 15.2. The van der Waals surface area contributed by atoms with Crippen LogP contribution in [0.2, 0.25) is 0 Å². The molecular weight excluding hydrogens is 322 g/mol. The highest BCUT2D eigenvalue weighted by Gasteiger charge is 2.50. The molecule has 1 unspecified atom stereocenters. The molecule has 0 radical (unpaired) electrons. The largest absolute Gasteiger partial charge is 0.376 e. The number of nitrogens with zero attached hydrogens (tertiary/aromatic N) is 1. The van der Waals surface area contributed by atoms with Crippen molar-refractivity contribution < 1.29 is 13.9 Å². The maximum Gasteiger partial charge on any atom is 0.135 e. The first kappa shape index (κ1) is 16.6. The van der Waals surface area contributed by atoms with Crippen molar-refractivity contribution in [1.29, 1.82) is 0 Å². The quantitative estimate of drug-likeness (QED) is 0.876. The average molecular weight is 344 g/mol. The first-order valence-electron chi connectivity index (χ1n) is 8.71. The fraction of sp³-hybridized carbons (Fsp3) is 0.400. The number of hydrogen-bond acceptors (Lipinski definition) is 3. The number of likely N-dealkylation sites (tertiary alicyclic amines) is 1. The van der Waals surface area contributed by atoms with Crippen LogP contribution < -0.4 is 5.32 Å². The van der Waals surface area contributed by atoms with Crippen molar-refractivity contribution in [3.05, 3.63) is 59.7 Å². The van der Waals surface area contributed by atoms with Crippen LogP contribution in [0, 0.1) is 11.6 Å². The lowest BCUT2D eigenvalue weighted by Gasteiger charge is -2.31. The highest BCUT2D eigenvalue weighted by molar-refractivity contribution is 5.66. The summed E-state index contributed by atoms with van der Waals surface area (Å²) in [7, 11) is 1.90. The van der Waals surface area contributed by atoms with Gasteiger partial charge in [-0.25, -0.2) is 8.78 Å². The first-order chi connectivity index (χ1) is 12.0. The van der Waals surface area contributed by atoms with Crippen LogP contribution in [0.3, 0.4) is 0 Å². The molecule has 4 rings (SSSR count). The molecule has 0 amide bonds. The van der Waals surface area contributed by atoms with E-state index in [1.54, 1.807) is 36.4 Å². The molecule has 132 valence electrons. The lowest BCUT2D eigenvalue weighted by molar-refractivity contribution is 0.00112. The second-order valence-electron chi connectivity index (χ2n) is 7.18. The van der Waals surface area contributed by atoms with E-state index in [1.807, 2.05) is 11.9 Å². The minimum atomic E-state index is -0.560. The second kappa shape index (κ2) is 6.16. The van der Waals surface area contributed by atoms with E-state index in [9.17, 15) is 9.50 Å². The standard InChI is InChI=1S/C20H22F2N2O/c1-24-12-11-20(19(24)25)10-9-17(23-20)15-7-4-6-14(18(15)22)13-5-2-3-8-16(13)21/h2-8,17,19,23,25H,9-12H2,1H3/t17-,19?,20-/m0/s1. The molecule has 2 aliphatic heterocycles. The molecule has 1 spiro atoms. The molecule has 0 bridgehead atoms. The summed E-state index contributed by atoms with van der Waals surface area (Å²) in [5.41, 5.74) is 0.719. The number of aliphatic hydroxyl groups excluding tert-OH is 1. The number of rotatable bonds is 2. The topological polar surface area (TPSA) is 35.5 Å². The average Bonchev–Trinajstić information content (AvgIpc) is 3.16. The predicted octanol–water partition coefficient (Wildman–Crippen LogP) is 3.45. The molecule has 5 heteroatoms. The summed E-state index contributed by atoms with van der Waals surface area (Å²) in [6, 6.07) is 11.2. The van der Waals surface area contributed by atoms with Crippen LogP contribution in [-0.4, -0.2) is 35.4 Å². The van der Waals surface area contributed by atoms with E-state index in [0.29, 0.717) is 5.56 Å². The zero-order valence-electron chi connectivity index (χ0n) is 14.2. The van der Waals surface area contributed by atoms with Gasteiger partial charge >= 0.3 is 0 Å². The molecule has 2 aromatic carbocycles. The van der Waals surface area contributed by atoms with Crippen molar-refractivity contribution in [3.63, 3.8) is 0 Å². The Hall–Kier alpha value is -1.82. The van der Waals surface area contributed by atoms with Gasteiger partial charge in [-0.15, -0.1) is 0 Å². The van der Waals surface area contributed by atoms with Gasteiger partial charge in [0.05, 0.1) is 5.54 Å². The lowest BCUT2D eigenvalue weighted by atomic mass is 9.94. The highest BCUT2D eigenvalue weighted by Crippen LogP contribution is 2.42. The Morgan fingerprint density at radius 1 is 1.08 bits per heavy atom. The van der Waals surface area contributed by atoms with Crippen LogP contribution >= 0.6 is 0 Å². The summed E-state index contributed by atoms with van der Waals surface area (Å²) >= 11 is 0. The third kappa shape index (κ3) is 2.67. The van der Waals surface area contributed by atoms with Crippen LogP contribution in [-0.2, 0) is 0 Å². The zero-order valence-corrected chi connectivity index (χ0v) is 14.2. The summed E-state index contributed by atoms with van der Waals surface area (Å²) in [6.45, 7) is 0.818. The van der Waals surface area contributed by atoms with E-state index in [2.05, 4.69) is 5.32 Å². The van der Waals surface area contributed by atoms with Crippen LogP contribution in [0.25, 0.3) is 11.1 Å². The third-order valence-corrected chi connectivity index (χ3v) is 5.73. The molecule has 2 N–H and O–H groups in total. The van der Waals surface area contributed by atoms with Gasteiger partial charge in [-0.2, -0.15) is 0 Å². The van der Waals surface area contributed by atoms with Gasteiger partial charge in [-0.1, -0.05) is 36.4 Å². The Kier molecular flexibility index (Phi) is 4.10. The van der Waals surface area contributed by atoms with Crippen molar-refractivity contribution in [3.8, 4) is 11.1 Å². The molecule has 2 fully saturated rings. The minimum Gasteiger partial charge on any atom is -0.376 e. The number of aliphatic hydroxyl groups is 1. The molecule has 0 aromatic heterocycles. The van der Waals surface area contributed by atoms with Crippen LogP contribution in [0.1, 0.15) is 30.9 Å². The summed E-state index contributed by atoms with van der Waals surface area (Å²) in [4.78, 5) is 1.92. The van der Waals surface area contributed by atoms with Gasteiger partial charge in [0.2, 0.25) is 0 Å². The Labute approximate surface area is 146 Å². The molecule has 0 saturated carbocycles. The van der Waals surface area contributed by atoms with Crippen LogP contribution in [0.15, 0.2) is 42.5 Å². The van der Waals surface area contributed by atoms with Gasteiger partial charge in [0, 0.05) is 29.3 Å². The van der Waals surface area contributed by atoms with Gasteiger partial charge < -0.3 is 10.4 Å². The number of likely N-dealkylation sites (N-methyl/N-ethyl adjacent to an activating group) is 1. The van der Waals surface area contributed by atoms with E-state index in [-0.39, 0.29) is 28.5 Å². The summed E-state index contributed by atoms with van der Waals surface area (Å²) in [6.07, 6.45) is 1.83. The fourth-order valence-electron chi connectivity index (χ4n) is 4.28. The molecular formula is C20H22F2N2O. The fourth-order valence-corrected chi connectivity index (χ4v) is 4.28. The van der Waals surface area contributed by atoms with Crippen LogP contribution in [0.5, 0.6) is 0 Å². The smallest absolute Gasteiger partial charge is 0.135 e. The van der Waals surface area contributed by atoms with Gasteiger partial charge in [0.15, 0.2) is 0 Å². The van der Waals surface area contributed by atoms with Gasteiger partial charge in [-0.3, -0.25) is 4.90 Å². The molecule has 2 aromatic rings. The van der Waals surface area contributed by atoms with Gasteiger partial charge in [0.25, 0.3) is 0 Å². The lowest BCUT2D eigenvalue weighted by Crippen LogP contribution is -2.50. The maximum atomic E-state index is 15.2. The summed E-state index contributed by atoms with van der Waals surface area (Å²) in [5.74, 6) is -0.815. The molecule has 3 nitrogen and oxygen atoms in total. The molecule has 2 saturated heterocycles. The molecule has 2 aliphatic rings. The SMILES string of the molecule is CN1CC[C@@]2(CC[C@@H](c3cccc(-c4ccccc4F)c3F)N2)C1O. The Balaban J connectivity index is 1.67. The van der Waals surface area contributed by atoms with E-state index >= 15 is 4.39 Å². The molecule has 2 heterocycles. The van der Waals surface area contributed by atoms with E-state index in [4.69, 9.17) is 0 Å². The predicted molar refractivity (Wildman–Crippen MR) is 92.9 cm³/mol. The van der Waals surface area contributed by atoms with Crippen molar-refractivity contribution in [2.75, 3.05) is 13.6 Å². The van der Waals surface area contributed by atoms with Gasteiger partial charge in [-0.05, 0) is 32.4 Å². The number of nitrogens with one attached hydrogen (secondary N) is 1. The monoisotopic (exact) mass is 344 g/mol. The van der Waals surface area contributed by atoms with E-state index < -0.39 is 12.0 Å². The number of hydrogen-bond donors (Lipinski definition) is 2.